The van der Waals surface area contributed by atoms with Gasteiger partial charge in [0.1, 0.15) is 5.75 Å². The summed E-state index contributed by atoms with van der Waals surface area (Å²) in [5.41, 5.74) is 7.20. The summed E-state index contributed by atoms with van der Waals surface area (Å²) in [6.45, 7) is 0. The second kappa shape index (κ2) is 6.57. The van der Waals surface area contributed by atoms with Gasteiger partial charge in [-0.15, -0.1) is 0 Å². The van der Waals surface area contributed by atoms with Gasteiger partial charge in [-0.2, -0.15) is 0 Å². The van der Waals surface area contributed by atoms with Crippen molar-refractivity contribution < 1.29 is 19.4 Å². The van der Waals surface area contributed by atoms with Crippen molar-refractivity contribution in [2.24, 2.45) is 5.73 Å². The van der Waals surface area contributed by atoms with Gasteiger partial charge in [0.2, 0.25) is 5.78 Å². The highest BCUT2D eigenvalue weighted by molar-refractivity contribution is 6.06. The Kier molecular flexibility index (Phi) is 4.46. The fourth-order valence-electron chi connectivity index (χ4n) is 3.32. The quantitative estimate of drug-likeness (QED) is 0.699. The van der Waals surface area contributed by atoms with Gasteiger partial charge in [-0.3, -0.25) is 9.59 Å². The number of carboxylic acids is 1. The van der Waals surface area contributed by atoms with Crippen molar-refractivity contribution in [1.29, 1.82) is 0 Å². The van der Waals surface area contributed by atoms with E-state index in [-0.39, 0.29) is 18.6 Å². The van der Waals surface area contributed by atoms with E-state index in [0.717, 1.165) is 11.3 Å². The molecule has 0 fully saturated rings. The van der Waals surface area contributed by atoms with E-state index in [1.54, 1.807) is 31.4 Å². The van der Waals surface area contributed by atoms with Gasteiger partial charge < -0.3 is 20.9 Å². The number of carboxylic acid groups (broad SMARTS) is 1. The topological polar surface area (TPSA) is 102 Å². The van der Waals surface area contributed by atoms with Crippen molar-refractivity contribution in [3.63, 3.8) is 0 Å². The Balaban J connectivity index is 1.96. The highest BCUT2D eigenvalue weighted by Gasteiger charge is 2.48. The van der Waals surface area contributed by atoms with Crippen LogP contribution in [0.3, 0.4) is 0 Å². The van der Waals surface area contributed by atoms with Gasteiger partial charge in [0.25, 0.3) is 0 Å². The Morgan fingerprint density at radius 3 is 2.52 bits per heavy atom. The SMILES string of the molecule is COc1ccc(C(=O)[C@@]2(N)Nc3ccccc3[C@@H]2CCC(=O)O)cc1. The van der Waals surface area contributed by atoms with Crippen molar-refractivity contribution in [2.45, 2.75) is 24.4 Å². The number of carbonyl (C=O) groups excluding carboxylic acids is 1. The minimum absolute atomic E-state index is 0.0600. The monoisotopic (exact) mass is 340 g/mol. The first kappa shape index (κ1) is 17.0. The predicted molar refractivity (Wildman–Crippen MR) is 93.9 cm³/mol. The molecular formula is C19H20N2O4. The number of anilines is 1. The minimum Gasteiger partial charge on any atom is -0.497 e. The van der Waals surface area contributed by atoms with E-state index in [2.05, 4.69) is 5.32 Å². The van der Waals surface area contributed by atoms with Crippen LogP contribution in [0.15, 0.2) is 48.5 Å². The van der Waals surface area contributed by atoms with Crippen molar-refractivity contribution in [3.05, 3.63) is 59.7 Å². The number of aliphatic carboxylic acids is 1. The fraction of sp³-hybridized carbons (Fsp3) is 0.263. The van der Waals surface area contributed by atoms with Crippen LogP contribution < -0.4 is 15.8 Å². The number of hydrogen-bond acceptors (Lipinski definition) is 5. The molecule has 0 saturated heterocycles. The standard InChI is InChI=1S/C19H20N2O4/c1-25-13-8-6-12(7-9-13)18(24)19(20)15(10-11-17(22)23)14-4-2-3-5-16(14)21-19/h2-9,15,21H,10-11,20H2,1H3,(H,22,23)/t15-,19-/m0/s1. The van der Waals surface area contributed by atoms with Crippen LogP contribution in [0.5, 0.6) is 5.75 Å². The molecule has 2 atom stereocenters. The first-order chi connectivity index (χ1) is 12.0. The minimum atomic E-state index is -1.38. The van der Waals surface area contributed by atoms with Crippen LogP contribution in [0.1, 0.15) is 34.7 Å². The molecule has 130 valence electrons. The fourth-order valence-corrected chi connectivity index (χ4v) is 3.32. The number of rotatable bonds is 6. The molecule has 2 aromatic carbocycles. The number of fused-ring (bicyclic) bond motifs is 1. The summed E-state index contributed by atoms with van der Waals surface area (Å²) in [7, 11) is 1.55. The zero-order valence-electron chi connectivity index (χ0n) is 13.9. The first-order valence-corrected chi connectivity index (χ1v) is 8.02. The molecule has 0 aromatic heterocycles. The number of ketones is 1. The number of hydrogen-bond donors (Lipinski definition) is 3. The molecule has 25 heavy (non-hydrogen) atoms. The van der Waals surface area contributed by atoms with Gasteiger partial charge in [0.15, 0.2) is 5.66 Å². The normalized spacial score (nSPS) is 21.3. The maximum absolute atomic E-state index is 13.1. The average molecular weight is 340 g/mol. The Labute approximate surface area is 145 Å². The maximum Gasteiger partial charge on any atom is 0.303 e. The van der Waals surface area contributed by atoms with E-state index in [9.17, 15) is 9.59 Å². The van der Waals surface area contributed by atoms with Crippen molar-refractivity contribution >= 4 is 17.4 Å². The van der Waals surface area contributed by atoms with Crippen molar-refractivity contribution in [1.82, 2.24) is 0 Å². The number of nitrogens with two attached hydrogens (primary N) is 1. The molecular weight excluding hydrogens is 320 g/mol. The second-order valence-electron chi connectivity index (χ2n) is 6.12. The van der Waals surface area contributed by atoms with Crippen LogP contribution >= 0.6 is 0 Å². The summed E-state index contributed by atoms with van der Waals surface area (Å²) >= 11 is 0. The summed E-state index contributed by atoms with van der Waals surface area (Å²) in [4.78, 5) is 24.1. The molecule has 0 aliphatic carbocycles. The zero-order chi connectivity index (χ0) is 18.0. The third-order valence-corrected chi connectivity index (χ3v) is 4.60. The van der Waals surface area contributed by atoms with Crippen molar-refractivity contribution in [3.8, 4) is 5.75 Å². The molecule has 1 heterocycles. The lowest BCUT2D eigenvalue weighted by Gasteiger charge is -2.30. The molecule has 0 amide bonds. The number of para-hydroxylation sites is 1. The molecule has 1 aliphatic rings. The van der Waals surface area contributed by atoms with E-state index in [1.807, 2.05) is 24.3 Å². The van der Waals surface area contributed by atoms with Crippen molar-refractivity contribution in [2.75, 3.05) is 12.4 Å². The smallest absolute Gasteiger partial charge is 0.303 e. The molecule has 0 saturated carbocycles. The van der Waals surface area contributed by atoms with Crippen LogP contribution in [-0.4, -0.2) is 29.6 Å². The Bertz CT molecular complexity index is 803. The lowest BCUT2D eigenvalue weighted by atomic mass is 9.82. The number of carbonyl (C=O) groups is 2. The number of benzene rings is 2. The van der Waals surface area contributed by atoms with E-state index < -0.39 is 17.6 Å². The maximum atomic E-state index is 13.1. The van der Waals surface area contributed by atoms with Gasteiger partial charge in [-0.25, -0.2) is 0 Å². The van der Waals surface area contributed by atoms with Crippen LogP contribution in [0.25, 0.3) is 0 Å². The first-order valence-electron chi connectivity index (χ1n) is 8.02. The zero-order valence-corrected chi connectivity index (χ0v) is 13.9. The van der Waals surface area contributed by atoms with E-state index in [1.165, 1.54) is 0 Å². The number of Topliss-reactive ketones (excluding diaryl/α,β-unsaturated/α-hetero) is 1. The Hall–Kier alpha value is -2.86. The number of ether oxygens (including phenoxy) is 1. The number of methoxy groups -OCH3 is 1. The molecule has 4 N–H and O–H groups in total. The molecule has 0 bridgehead atoms. The number of nitrogens with one attached hydrogen (secondary N) is 1. The largest absolute Gasteiger partial charge is 0.497 e. The van der Waals surface area contributed by atoms with Crippen LogP contribution in [0.2, 0.25) is 0 Å². The molecule has 2 aromatic rings. The third kappa shape index (κ3) is 3.08. The van der Waals surface area contributed by atoms with Gasteiger partial charge in [-0.1, -0.05) is 18.2 Å². The molecule has 0 unspecified atom stereocenters. The molecule has 0 spiro atoms. The summed E-state index contributed by atoms with van der Waals surface area (Å²) in [6.07, 6.45) is 0.216. The third-order valence-electron chi connectivity index (χ3n) is 4.60. The van der Waals surface area contributed by atoms with Crippen LogP contribution in [0, 0.1) is 0 Å². The molecule has 3 rings (SSSR count). The summed E-state index contributed by atoms with van der Waals surface area (Å²) in [5.74, 6) is -0.965. The van der Waals surface area contributed by atoms with E-state index in [0.29, 0.717) is 11.3 Å². The Morgan fingerprint density at radius 1 is 1.20 bits per heavy atom. The molecule has 6 nitrogen and oxygen atoms in total. The molecule has 6 heteroatoms. The second-order valence-corrected chi connectivity index (χ2v) is 6.12. The van der Waals surface area contributed by atoms with Gasteiger partial charge in [0.05, 0.1) is 7.11 Å². The van der Waals surface area contributed by atoms with Crippen LogP contribution in [0.4, 0.5) is 5.69 Å². The molecule has 0 radical (unpaired) electrons. The van der Waals surface area contributed by atoms with Crippen LogP contribution in [-0.2, 0) is 4.79 Å². The highest BCUT2D eigenvalue weighted by Crippen LogP contribution is 2.44. The summed E-state index contributed by atoms with van der Waals surface area (Å²) in [6, 6.07) is 14.2. The predicted octanol–water partition coefficient (Wildman–Crippen LogP) is 2.61. The summed E-state index contributed by atoms with van der Waals surface area (Å²) in [5, 5.41) is 12.2. The Morgan fingerprint density at radius 2 is 1.88 bits per heavy atom. The summed E-state index contributed by atoms with van der Waals surface area (Å²) < 4.78 is 5.11. The van der Waals surface area contributed by atoms with E-state index in [4.69, 9.17) is 15.6 Å². The van der Waals surface area contributed by atoms with Gasteiger partial charge >= 0.3 is 5.97 Å². The van der Waals surface area contributed by atoms with Gasteiger partial charge in [0, 0.05) is 23.6 Å². The molecule has 1 aliphatic heterocycles. The highest BCUT2D eigenvalue weighted by atomic mass is 16.5. The lowest BCUT2D eigenvalue weighted by molar-refractivity contribution is -0.137. The average Bonchev–Trinajstić information content (AvgIpc) is 2.92. The van der Waals surface area contributed by atoms with E-state index >= 15 is 0 Å². The van der Waals surface area contributed by atoms with Gasteiger partial charge in [-0.05, 0) is 42.3 Å². The lowest BCUT2D eigenvalue weighted by Crippen LogP contribution is -2.56.